The minimum atomic E-state index is -0.261. The maximum absolute atomic E-state index is 13.1. The van der Waals surface area contributed by atoms with E-state index < -0.39 is 0 Å². The monoisotopic (exact) mass is 400 g/mol. The van der Waals surface area contributed by atoms with E-state index in [4.69, 9.17) is 16.1 Å². The van der Waals surface area contributed by atoms with E-state index in [0.29, 0.717) is 17.4 Å². The molecule has 0 aliphatic rings. The van der Waals surface area contributed by atoms with Gasteiger partial charge in [-0.2, -0.15) is 4.98 Å². The van der Waals surface area contributed by atoms with Crippen molar-refractivity contribution in [1.29, 1.82) is 0 Å². The van der Waals surface area contributed by atoms with Crippen molar-refractivity contribution in [3.8, 4) is 10.6 Å². The van der Waals surface area contributed by atoms with Crippen LogP contribution in [-0.2, 0) is 6.54 Å². The van der Waals surface area contributed by atoms with Gasteiger partial charge in [-0.15, -0.1) is 11.3 Å². The number of aromatic nitrogens is 3. The molecule has 0 saturated heterocycles. The van der Waals surface area contributed by atoms with Crippen molar-refractivity contribution < 1.29 is 8.91 Å². The Balaban J connectivity index is 1.51. The predicted molar refractivity (Wildman–Crippen MR) is 102 cm³/mol. The van der Waals surface area contributed by atoms with Crippen LogP contribution in [0, 0.1) is 5.82 Å². The van der Waals surface area contributed by atoms with Crippen molar-refractivity contribution >= 4 is 22.9 Å². The summed E-state index contributed by atoms with van der Waals surface area (Å²) in [5, 5.41) is 10.8. The Morgan fingerprint density at radius 1 is 1.11 bits per heavy atom. The molecular formula is C19H14ClFN4OS. The summed E-state index contributed by atoms with van der Waals surface area (Å²) in [7, 11) is 0. The number of hydrogen-bond donors (Lipinski definition) is 1. The fourth-order valence-corrected chi connectivity index (χ4v) is 3.59. The number of nitrogens with zero attached hydrogens (tertiary/aromatic N) is 3. The van der Waals surface area contributed by atoms with Crippen LogP contribution < -0.4 is 5.32 Å². The van der Waals surface area contributed by atoms with Gasteiger partial charge in [-0.05, 0) is 42.0 Å². The van der Waals surface area contributed by atoms with E-state index in [1.165, 1.54) is 29.9 Å². The van der Waals surface area contributed by atoms with E-state index in [-0.39, 0.29) is 11.9 Å². The maximum atomic E-state index is 13.1. The Labute approximate surface area is 163 Å². The van der Waals surface area contributed by atoms with Gasteiger partial charge in [0.25, 0.3) is 0 Å². The predicted octanol–water partition coefficient (Wildman–Crippen LogP) is 4.86. The zero-order valence-corrected chi connectivity index (χ0v) is 15.5. The highest BCUT2D eigenvalue weighted by molar-refractivity contribution is 7.13. The molecule has 1 N–H and O–H groups in total. The summed E-state index contributed by atoms with van der Waals surface area (Å²) in [5.41, 5.74) is 2.73. The molecule has 2 heterocycles. The Hall–Kier alpha value is -2.61. The van der Waals surface area contributed by atoms with Crippen molar-refractivity contribution in [3.63, 3.8) is 0 Å². The molecule has 2 aromatic carbocycles. The molecule has 4 aromatic rings. The third-order valence-corrected chi connectivity index (χ3v) is 5.16. The largest absolute Gasteiger partial charge is 0.343 e. The van der Waals surface area contributed by atoms with Crippen LogP contribution in [0.2, 0.25) is 5.02 Å². The summed E-state index contributed by atoms with van der Waals surface area (Å²) in [4.78, 5) is 8.78. The minimum Gasteiger partial charge on any atom is -0.343 e. The van der Waals surface area contributed by atoms with E-state index in [1.54, 1.807) is 12.1 Å². The third-order valence-electron chi connectivity index (χ3n) is 3.97. The van der Waals surface area contributed by atoms with E-state index in [0.717, 1.165) is 21.8 Å². The quantitative estimate of drug-likeness (QED) is 0.500. The van der Waals surface area contributed by atoms with Crippen molar-refractivity contribution in [2.24, 2.45) is 0 Å². The summed E-state index contributed by atoms with van der Waals surface area (Å²) in [5.74, 6) is 0.273. The molecule has 0 aliphatic carbocycles. The lowest BCUT2D eigenvalue weighted by Gasteiger charge is -2.15. The van der Waals surface area contributed by atoms with E-state index >= 15 is 0 Å². The van der Waals surface area contributed by atoms with Crippen LogP contribution in [0.3, 0.4) is 0 Å². The molecule has 0 saturated carbocycles. The van der Waals surface area contributed by atoms with Crippen molar-refractivity contribution in [2.75, 3.05) is 0 Å². The van der Waals surface area contributed by atoms with Gasteiger partial charge >= 0.3 is 0 Å². The number of hydrogen-bond acceptors (Lipinski definition) is 6. The van der Waals surface area contributed by atoms with Crippen molar-refractivity contribution in [1.82, 2.24) is 20.4 Å². The highest BCUT2D eigenvalue weighted by atomic mass is 35.5. The number of rotatable bonds is 6. The molecule has 136 valence electrons. The lowest BCUT2D eigenvalue weighted by atomic mass is 10.1. The highest BCUT2D eigenvalue weighted by Gasteiger charge is 2.19. The smallest absolute Gasteiger partial charge is 0.213 e. The van der Waals surface area contributed by atoms with Gasteiger partial charge in [0, 0.05) is 22.5 Å². The van der Waals surface area contributed by atoms with E-state index in [1.807, 2.05) is 29.6 Å². The molecule has 0 spiro atoms. The molecular weight excluding hydrogens is 387 g/mol. The number of benzene rings is 2. The first-order chi connectivity index (χ1) is 13.2. The topological polar surface area (TPSA) is 63.8 Å². The van der Waals surface area contributed by atoms with Crippen LogP contribution in [0.15, 0.2) is 64.8 Å². The van der Waals surface area contributed by atoms with Crippen LogP contribution in [0.25, 0.3) is 10.6 Å². The molecule has 0 bridgehead atoms. The summed E-state index contributed by atoms with van der Waals surface area (Å²) in [6.45, 7) is 0.513. The summed E-state index contributed by atoms with van der Waals surface area (Å²) in [6.07, 6.45) is 1.30. The second-order valence-corrected chi connectivity index (χ2v) is 7.10. The molecule has 0 radical (unpaired) electrons. The Morgan fingerprint density at radius 2 is 1.89 bits per heavy atom. The van der Waals surface area contributed by atoms with Gasteiger partial charge in [0.05, 0.1) is 11.7 Å². The first-order valence-electron chi connectivity index (χ1n) is 8.14. The van der Waals surface area contributed by atoms with Crippen molar-refractivity contribution in [3.05, 3.63) is 88.2 Å². The molecule has 1 unspecified atom stereocenters. The Kier molecular flexibility index (Phi) is 5.24. The normalized spacial score (nSPS) is 12.2. The van der Waals surface area contributed by atoms with Crippen LogP contribution in [-0.4, -0.2) is 15.1 Å². The molecule has 4 rings (SSSR count). The molecule has 8 heteroatoms. The average Bonchev–Trinajstić information content (AvgIpc) is 3.36. The van der Waals surface area contributed by atoms with Gasteiger partial charge in [0.15, 0.2) is 5.82 Å². The van der Waals surface area contributed by atoms with Gasteiger partial charge < -0.3 is 4.52 Å². The lowest BCUT2D eigenvalue weighted by molar-refractivity contribution is 0.401. The molecule has 27 heavy (non-hydrogen) atoms. The van der Waals surface area contributed by atoms with Gasteiger partial charge in [-0.25, -0.2) is 9.37 Å². The molecule has 2 aromatic heterocycles. The Bertz CT molecular complexity index is 1000. The zero-order chi connectivity index (χ0) is 18.6. The standard InChI is InChI=1S/C19H14ClFN4OS/c20-14-5-1-12(2-6-14)17(18-23-11-26-25-18)22-9-16-10-27-19(24-16)13-3-7-15(21)8-4-13/h1-8,10-11,17,22H,9H2. The average molecular weight is 401 g/mol. The summed E-state index contributed by atoms with van der Waals surface area (Å²) in [6, 6.07) is 13.5. The number of nitrogens with one attached hydrogen (secondary N) is 1. The first-order valence-corrected chi connectivity index (χ1v) is 9.40. The van der Waals surface area contributed by atoms with Crippen LogP contribution >= 0.6 is 22.9 Å². The molecule has 0 aliphatic heterocycles. The van der Waals surface area contributed by atoms with E-state index in [9.17, 15) is 4.39 Å². The van der Waals surface area contributed by atoms with Crippen LogP contribution in [0.1, 0.15) is 23.1 Å². The third kappa shape index (κ3) is 4.21. The Morgan fingerprint density at radius 3 is 2.59 bits per heavy atom. The van der Waals surface area contributed by atoms with E-state index in [2.05, 4.69) is 20.4 Å². The van der Waals surface area contributed by atoms with Gasteiger partial charge in [0.1, 0.15) is 10.8 Å². The number of halogens is 2. The second-order valence-electron chi connectivity index (χ2n) is 5.81. The van der Waals surface area contributed by atoms with Crippen LogP contribution in [0.5, 0.6) is 0 Å². The SMILES string of the molecule is Fc1ccc(-c2nc(CNC(c3ccc(Cl)cc3)c3ncon3)cs2)cc1. The molecule has 1 atom stereocenters. The van der Waals surface area contributed by atoms with Crippen molar-refractivity contribution in [2.45, 2.75) is 12.6 Å². The minimum absolute atomic E-state index is 0.253. The second kappa shape index (κ2) is 7.96. The van der Waals surface area contributed by atoms with Gasteiger partial charge in [0.2, 0.25) is 6.39 Å². The fourth-order valence-electron chi connectivity index (χ4n) is 2.64. The summed E-state index contributed by atoms with van der Waals surface area (Å²) < 4.78 is 18.0. The van der Waals surface area contributed by atoms with Crippen LogP contribution in [0.4, 0.5) is 4.39 Å². The maximum Gasteiger partial charge on any atom is 0.213 e. The summed E-state index contributed by atoms with van der Waals surface area (Å²) >= 11 is 7.50. The molecule has 5 nitrogen and oxygen atoms in total. The first kappa shape index (κ1) is 17.8. The fraction of sp³-hybridized carbons (Fsp3) is 0.105. The molecule has 0 amide bonds. The van der Waals surface area contributed by atoms with Gasteiger partial charge in [-0.1, -0.05) is 28.9 Å². The zero-order valence-electron chi connectivity index (χ0n) is 14.0. The number of thiazole rings is 1. The highest BCUT2D eigenvalue weighted by Crippen LogP contribution is 2.25. The molecule has 0 fully saturated rings. The lowest BCUT2D eigenvalue weighted by Crippen LogP contribution is -2.23. The van der Waals surface area contributed by atoms with Gasteiger partial charge in [-0.3, -0.25) is 5.32 Å².